The van der Waals surface area contributed by atoms with Gasteiger partial charge in [0.2, 0.25) is 9.84 Å². The van der Waals surface area contributed by atoms with Crippen LogP contribution in [0.5, 0.6) is 5.75 Å². The molecule has 2 aliphatic rings. The van der Waals surface area contributed by atoms with E-state index in [4.69, 9.17) is 16.3 Å². The Bertz CT molecular complexity index is 1470. The van der Waals surface area contributed by atoms with E-state index >= 15 is 0 Å². The number of carbonyl (C=O) groups is 1. The van der Waals surface area contributed by atoms with Gasteiger partial charge in [0.05, 0.1) is 21.9 Å². The maximum absolute atomic E-state index is 13.2. The second-order valence-electron chi connectivity index (χ2n) is 11.8. The van der Waals surface area contributed by atoms with Crippen molar-refractivity contribution in [1.29, 1.82) is 0 Å². The molecule has 42 heavy (non-hydrogen) atoms. The first-order chi connectivity index (χ1) is 20.3. The summed E-state index contributed by atoms with van der Waals surface area (Å²) in [5.41, 5.74) is 3.82. The van der Waals surface area contributed by atoms with Gasteiger partial charge in [0.25, 0.3) is 5.91 Å². The molecule has 2 aromatic carbocycles. The van der Waals surface area contributed by atoms with Gasteiger partial charge in [-0.3, -0.25) is 4.79 Å². The minimum Gasteiger partial charge on any atom is -0.497 e. The van der Waals surface area contributed by atoms with E-state index in [0.717, 1.165) is 18.5 Å². The topological polar surface area (TPSA) is 100 Å². The van der Waals surface area contributed by atoms with E-state index in [9.17, 15) is 13.2 Å². The predicted molar refractivity (Wildman–Crippen MR) is 166 cm³/mol. The first-order valence-electron chi connectivity index (χ1n) is 15.2. The molecule has 1 amide bonds. The van der Waals surface area contributed by atoms with Crippen LogP contribution in [0.15, 0.2) is 58.3 Å². The number of methoxy groups -OCH3 is 1. The number of sulfone groups is 1. The summed E-state index contributed by atoms with van der Waals surface area (Å²) in [6.07, 6.45) is 15.2. The summed E-state index contributed by atoms with van der Waals surface area (Å²) in [5, 5.41) is 6.99. The summed E-state index contributed by atoms with van der Waals surface area (Å²) in [6, 6.07) is 13.0. The molecule has 7 nitrogen and oxygen atoms in total. The summed E-state index contributed by atoms with van der Waals surface area (Å²) < 4.78 is 31.5. The third kappa shape index (κ3) is 7.21. The van der Waals surface area contributed by atoms with E-state index in [1.165, 1.54) is 113 Å². The van der Waals surface area contributed by atoms with E-state index in [1.807, 2.05) is 6.07 Å². The molecule has 1 aliphatic carbocycles. The van der Waals surface area contributed by atoms with Gasteiger partial charge < -0.3 is 20.4 Å². The molecule has 0 saturated heterocycles. The van der Waals surface area contributed by atoms with Gasteiger partial charge in [0.15, 0.2) is 0 Å². The maximum atomic E-state index is 13.2. The molecule has 1 fully saturated rings. The molecule has 3 N–H and O–H groups in total. The highest BCUT2D eigenvalue weighted by molar-refractivity contribution is 7.91. The van der Waals surface area contributed by atoms with Crippen molar-refractivity contribution in [1.82, 2.24) is 15.6 Å². The number of hydrogen-bond acceptors (Lipinski definition) is 5. The molecule has 1 spiro atoms. The zero-order chi connectivity index (χ0) is 29.6. The molecule has 9 heteroatoms. The largest absolute Gasteiger partial charge is 0.497 e. The number of halogens is 1. The van der Waals surface area contributed by atoms with Crippen molar-refractivity contribution >= 4 is 27.3 Å². The van der Waals surface area contributed by atoms with E-state index in [2.05, 4.69) is 15.6 Å². The van der Waals surface area contributed by atoms with E-state index in [-0.39, 0.29) is 32.8 Å². The summed E-state index contributed by atoms with van der Waals surface area (Å²) >= 11 is 6.19. The number of amides is 1. The van der Waals surface area contributed by atoms with Crippen LogP contribution in [0.2, 0.25) is 5.02 Å². The summed E-state index contributed by atoms with van der Waals surface area (Å²) in [7, 11) is -2.36. The molecule has 1 aliphatic heterocycles. The van der Waals surface area contributed by atoms with Gasteiger partial charge >= 0.3 is 0 Å². The van der Waals surface area contributed by atoms with Crippen LogP contribution >= 0.6 is 11.6 Å². The monoisotopic (exact) mass is 611 g/mol. The molecular weight excluding hydrogens is 570 g/mol. The van der Waals surface area contributed by atoms with Crippen molar-refractivity contribution in [2.75, 3.05) is 7.11 Å². The average molecular weight is 612 g/mol. The van der Waals surface area contributed by atoms with Crippen LogP contribution in [0.3, 0.4) is 0 Å². The Hall–Kier alpha value is -2.81. The lowest BCUT2D eigenvalue weighted by Crippen LogP contribution is -2.49. The molecule has 0 unspecified atom stereocenters. The SMILES string of the molecule is COc1ccc(Cl)c(S(=O)(=O)c2ccc(CNC(=O)c3cc4c([nH]3)CC3(CCCCCCCCCCC3)NC4)cc2)c1. The first-order valence-corrected chi connectivity index (χ1v) is 17.1. The molecular formula is C33H42ClN3O4S. The average Bonchev–Trinajstić information content (AvgIpc) is 3.41. The smallest absolute Gasteiger partial charge is 0.267 e. The van der Waals surface area contributed by atoms with Crippen LogP contribution in [0.1, 0.15) is 97.9 Å². The minimum absolute atomic E-state index is 0.00652. The number of carbonyl (C=O) groups excluding carboxylic acids is 1. The Morgan fingerprint density at radius 2 is 1.57 bits per heavy atom. The van der Waals surface area contributed by atoms with Gasteiger partial charge in [-0.25, -0.2) is 8.42 Å². The minimum atomic E-state index is -3.83. The Morgan fingerprint density at radius 3 is 2.21 bits per heavy atom. The summed E-state index contributed by atoms with van der Waals surface area (Å²) in [4.78, 5) is 16.6. The van der Waals surface area contributed by atoms with Gasteiger partial charge in [-0.15, -0.1) is 0 Å². The summed E-state index contributed by atoms with van der Waals surface area (Å²) in [5.74, 6) is 0.243. The number of aromatic amines is 1. The van der Waals surface area contributed by atoms with Crippen LogP contribution in [-0.2, 0) is 29.3 Å². The fraction of sp³-hybridized carbons (Fsp3) is 0.485. The molecule has 0 atom stereocenters. The highest BCUT2D eigenvalue weighted by Gasteiger charge is 2.34. The van der Waals surface area contributed by atoms with Crippen molar-refractivity contribution in [2.24, 2.45) is 0 Å². The number of fused-ring (bicyclic) bond motifs is 1. The van der Waals surface area contributed by atoms with E-state index in [1.54, 1.807) is 18.2 Å². The fourth-order valence-corrected chi connectivity index (χ4v) is 8.08. The highest BCUT2D eigenvalue weighted by atomic mass is 35.5. The standard InChI is InChI=1S/C33H42ClN3O4S/c1-41-26-13-16-28(34)31(20-26)42(39,40)27-14-11-24(12-15-27)22-35-32(38)29-19-25-23-36-33(21-30(25)37-29)17-9-7-5-3-2-4-6-8-10-18-33/h11-16,19-20,36-37H,2-10,17-18,21-23H2,1H3,(H,35,38). The Kier molecular flexibility index (Phi) is 9.96. The molecule has 2 heterocycles. The fourth-order valence-electron chi connectivity index (χ4n) is 6.31. The molecule has 0 bridgehead atoms. The van der Waals surface area contributed by atoms with Crippen LogP contribution in [0, 0.1) is 0 Å². The molecule has 1 aromatic heterocycles. The van der Waals surface area contributed by atoms with Gasteiger partial charge in [0.1, 0.15) is 11.4 Å². The van der Waals surface area contributed by atoms with Crippen molar-refractivity contribution in [3.8, 4) is 5.75 Å². The number of hydrogen-bond donors (Lipinski definition) is 3. The van der Waals surface area contributed by atoms with Crippen LogP contribution in [-0.4, -0.2) is 32.0 Å². The number of H-pyrrole nitrogens is 1. The maximum Gasteiger partial charge on any atom is 0.267 e. The van der Waals surface area contributed by atoms with Crippen molar-refractivity contribution < 1.29 is 17.9 Å². The highest BCUT2D eigenvalue weighted by Crippen LogP contribution is 2.34. The van der Waals surface area contributed by atoms with Gasteiger partial charge in [-0.2, -0.15) is 0 Å². The van der Waals surface area contributed by atoms with E-state index in [0.29, 0.717) is 11.4 Å². The lowest BCUT2D eigenvalue weighted by atomic mass is 9.79. The molecule has 226 valence electrons. The second kappa shape index (κ2) is 13.7. The number of rotatable bonds is 6. The number of nitrogens with one attached hydrogen (secondary N) is 3. The van der Waals surface area contributed by atoms with Gasteiger partial charge in [-0.05, 0) is 54.3 Å². The van der Waals surface area contributed by atoms with Crippen molar-refractivity contribution in [3.63, 3.8) is 0 Å². The normalized spacial score (nSPS) is 18.0. The van der Waals surface area contributed by atoms with Crippen LogP contribution in [0.4, 0.5) is 0 Å². The predicted octanol–water partition coefficient (Wildman–Crippen LogP) is 7.13. The third-order valence-corrected chi connectivity index (χ3v) is 11.1. The molecule has 0 radical (unpaired) electrons. The van der Waals surface area contributed by atoms with Gasteiger partial charge in [0, 0.05) is 36.8 Å². The Morgan fingerprint density at radius 1 is 0.929 bits per heavy atom. The Labute approximate surface area is 254 Å². The van der Waals surface area contributed by atoms with Crippen molar-refractivity contribution in [3.05, 3.63) is 76.1 Å². The molecule has 1 saturated carbocycles. The molecule has 3 aromatic rings. The van der Waals surface area contributed by atoms with E-state index < -0.39 is 9.84 Å². The zero-order valence-electron chi connectivity index (χ0n) is 24.4. The van der Waals surface area contributed by atoms with Gasteiger partial charge in [-0.1, -0.05) is 81.5 Å². The number of benzene rings is 2. The third-order valence-electron chi connectivity index (χ3n) is 8.83. The number of aromatic nitrogens is 1. The summed E-state index contributed by atoms with van der Waals surface area (Å²) in [6.45, 7) is 1.07. The molecule has 5 rings (SSSR count). The lowest BCUT2D eigenvalue weighted by molar-refractivity contribution is 0.0946. The second-order valence-corrected chi connectivity index (χ2v) is 14.1. The Balaban J connectivity index is 1.21. The number of ether oxygens (including phenoxy) is 1. The van der Waals surface area contributed by atoms with Crippen LogP contribution in [0.25, 0.3) is 0 Å². The first kappa shape index (κ1) is 30.6. The van der Waals surface area contributed by atoms with Crippen LogP contribution < -0.4 is 15.4 Å². The quantitative estimate of drug-likeness (QED) is 0.275. The lowest BCUT2D eigenvalue weighted by Gasteiger charge is -2.39. The van der Waals surface area contributed by atoms with Crippen molar-refractivity contribution in [2.45, 2.75) is 105 Å². The zero-order valence-corrected chi connectivity index (χ0v) is 26.0.